The predicted molar refractivity (Wildman–Crippen MR) is 74.1 cm³/mol. The largest absolute Gasteiger partial charge is 0.379 e. The number of amides is 1. The van der Waals surface area contributed by atoms with E-state index in [9.17, 15) is 4.79 Å². The molecule has 19 heavy (non-hydrogen) atoms. The summed E-state index contributed by atoms with van der Waals surface area (Å²) in [5, 5.41) is 2.88. The molecule has 0 spiro atoms. The van der Waals surface area contributed by atoms with E-state index >= 15 is 0 Å². The van der Waals surface area contributed by atoms with Gasteiger partial charge in [0.15, 0.2) is 0 Å². The van der Waals surface area contributed by atoms with Gasteiger partial charge in [-0.25, -0.2) is 0 Å². The molecule has 1 saturated heterocycles. The van der Waals surface area contributed by atoms with Gasteiger partial charge in [0.25, 0.3) is 0 Å². The van der Waals surface area contributed by atoms with Crippen molar-refractivity contribution in [2.24, 2.45) is 11.7 Å². The Hall–Kier alpha value is -1.39. The number of fused-ring (bicyclic) bond motifs is 1. The third-order valence-corrected chi connectivity index (χ3v) is 4.57. The zero-order chi connectivity index (χ0) is 13.5. The fourth-order valence-corrected chi connectivity index (χ4v) is 3.12. The summed E-state index contributed by atoms with van der Waals surface area (Å²) in [4.78, 5) is 11.4. The number of ether oxygens (including phenoxy) is 1. The Labute approximate surface area is 113 Å². The van der Waals surface area contributed by atoms with Gasteiger partial charge in [-0.2, -0.15) is 0 Å². The first-order chi connectivity index (χ1) is 9.15. The zero-order valence-corrected chi connectivity index (χ0v) is 11.2. The quantitative estimate of drug-likeness (QED) is 0.861. The Bertz CT molecular complexity index is 509. The summed E-state index contributed by atoms with van der Waals surface area (Å²) in [5.74, 6) is 0.579. The number of benzene rings is 1. The molecule has 4 nitrogen and oxygen atoms in total. The first kappa shape index (κ1) is 12.6. The van der Waals surface area contributed by atoms with Gasteiger partial charge >= 0.3 is 0 Å². The van der Waals surface area contributed by atoms with E-state index in [1.165, 1.54) is 5.56 Å². The normalized spacial score (nSPS) is 21.5. The van der Waals surface area contributed by atoms with Crippen LogP contribution in [0.4, 0.5) is 5.69 Å². The first-order valence-electron chi connectivity index (χ1n) is 6.87. The highest BCUT2D eigenvalue weighted by Crippen LogP contribution is 2.42. The van der Waals surface area contributed by atoms with Crippen LogP contribution in [0.15, 0.2) is 18.2 Å². The number of nitrogens with two attached hydrogens (primary N) is 1. The van der Waals surface area contributed by atoms with E-state index in [0.29, 0.717) is 18.9 Å². The molecule has 1 atom stereocenters. The monoisotopic (exact) mass is 260 g/mol. The lowest BCUT2D eigenvalue weighted by atomic mass is 9.68. The predicted octanol–water partition coefficient (Wildman–Crippen LogP) is 1.43. The molecule has 3 rings (SSSR count). The third kappa shape index (κ3) is 1.95. The van der Waals surface area contributed by atoms with Crippen molar-refractivity contribution < 1.29 is 9.53 Å². The summed E-state index contributed by atoms with van der Waals surface area (Å²) in [7, 11) is 0. The van der Waals surface area contributed by atoms with Crippen molar-refractivity contribution in [2.45, 2.75) is 25.2 Å². The van der Waals surface area contributed by atoms with Crippen LogP contribution in [0.2, 0.25) is 0 Å². The lowest BCUT2D eigenvalue weighted by Crippen LogP contribution is -2.52. The second-order valence-electron chi connectivity index (χ2n) is 5.72. The number of carbonyl (C=O) groups excluding carboxylic acids is 1. The molecule has 0 aromatic heterocycles. The Morgan fingerprint density at radius 1 is 1.47 bits per heavy atom. The highest BCUT2D eigenvalue weighted by molar-refractivity contribution is 5.99. The molecule has 1 aromatic carbocycles. The molecule has 2 aliphatic heterocycles. The lowest BCUT2D eigenvalue weighted by molar-refractivity contribution is -0.115. The molecular weight excluding hydrogens is 240 g/mol. The number of anilines is 1. The van der Waals surface area contributed by atoms with Gasteiger partial charge in [0.1, 0.15) is 0 Å². The molecule has 1 fully saturated rings. The molecule has 0 bridgehead atoms. The fourth-order valence-electron chi connectivity index (χ4n) is 3.12. The van der Waals surface area contributed by atoms with Crippen LogP contribution in [-0.2, 0) is 21.4 Å². The van der Waals surface area contributed by atoms with Crippen LogP contribution in [0, 0.1) is 5.92 Å². The summed E-state index contributed by atoms with van der Waals surface area (Å²) in [6.45, 7) is 4.46. The van der Waals surface area contributed by atoms with Crippen molar-refractivity contribution in [3.8, 4) is 0 Å². The van der Waals surface area contributed by atoms with Crippen LogP contribution in [0.25, 0.3) is 0 Å². The Balaban J connectivity index is 1.93. The summed E-state index contributed by atoms with van der Waals surface area (Å²) in [5.41, 5.74) is 9.13. The molecule has 3 N–H and O–H groups in total. The highest BCUT2D eigenvalue weighted by Gasteiger charge is 2.45. The number of nitrogens with one attached hydrogen (secondary N) is 1. The second-order valence-corrected chi connectivity index (χ2v) is 5.72. The molecule has 0 radical (unpaired) electrons. The smallest absolute Gasteiger partial charge is 0.228 e. The SMILES string of the molecule is CC(CCN)C1(c2ccc3c(c2)CC(=O)N3)COC1. The van der Waals surface area contributed by atoms with E-state index in [0.717, 1.165) is 30.9 Å². The standard InChI is InChI=1S/C15H20N2O2/c1-10(4-5-16)15(8-19-9-15)12-2-3-13-11(6-12)7-14(18)17-13/h2-3,6,10H,4-5,7-9,16H2,1H3,(H,17,18). The maximum atomic E-state index is 11.4. The van der Waals surface area contributed by atoms with Gasteiger partial charge in [0.05, 0.1) is 19.6 Å². The number of hydrogen-bond donors (Lipinski definition) is 2. The molecule has 1 amide bonds. The molecule has 1 aromatic rings. The van der Waals surface area contributed by atoms with Crippen molar-refractivity contribution >= 4 is 11.6 Å². The summed E-state index contributed by atoms with van der Waals surface area (Å²) in [6.07, 6.45) is 1.49. The molecule has 0 aliphatic carbocycles. The number of hydrogen-bond acceptors (Lipinski definition) is 3. The first-order valence-corrected chi connectivity index (χ1v) is 6.87. The van der Waals surface area contributed by atoms with E-state index < -0.39 is 0 Å². The second kappa shape index (κ2) is 4.62. The Morgan fingerprint density at radius 2 is 2.26 bits per heavy atom. The van der Waals surface area contributed by atoms with Crippen molar-refractivity contribution in [1.29, 1.82) is 0 Å². The highest BCUT2D eigenvalue weighted by atomic mass is 16.5. The summed E-state index contributed by atoms with van der Waals surface area (Å²) < 4.78 is 5.48. The lowest BCUT2D eigenvalue weighted by Gasteiger charge is -2.46. The Morgan fingerprint density at radius 3 is 2.89 bits per heavy atom. The average Bonchev–Trinajstić information content (AvgIpc) is 2.67. The molecule has 2 aliphatic rings. The van der Waals surface area contributed by atoms with Crippen LogP contribution in [-0.4, -0.2) is 25.7 Å². The molecule has 0 saturated carbocycles. The molecule has 1 unspecified atom stereocenters. The van der Waals surface area contributed by atoms with E-state index in [1.807, 2.05) is 6.07 Å². The van der Waals surface area contributed by atoms with E-state index in [2.05, 4.69) is 24.4 Å². The number of rotatable bonds is 4. The van der Waals surface area contributed by atoms with Gasteiger partial charge in [-0.15, -0.1) is 0 Å². The van der Waals surface area contributed by atoms with Gasteiger partial charge in [-0.1, -0.05) is 19.1 Å². The Kier molecular flexibility index (Phi) is 3.07. The zero-order valence-electron chi connectivity index (χ0n) is 11.2. The minimum atomic E-state index is 0.0834. The van der Waals surface area contributed by atoms with Crippen LogP contribution < -0.4 is 11.1 Å². The summed E-state index contributed by atoms with van der Waals surface area (Å²) in [6, 6.07) is 6.31. The van der Waals surface area contributed by atoms with Crippen molar-refractivity contribution in [1.82, 2.24) is 0 Å². The number of carbonyl (C=O) groups is 1. The van der Waals surface area contributed by atoms with Gasteiger partial charge in [-0.3, -0.25) is 4.79 Å². The fraction of sp³-hybridized carbons (Fsp3) is 0.533. The molecule has 2 heterocycles. The average molecular weight is 260 g/mol. The van der Waals surface area contributed by atoms with Crippen LogP contribution >= 0.6 is 0 Å². The maximum absolute atomic E-state index is 11.4. The van der Waals surface area contributed by atoms with E-state index in [4.69, 9.17) is 10.5 Å². The van der Waals surface area contributed by atoms with Crippen LogP contribution in [0.5, 0.6) is 0 Å². The van der Waals surface area contributed by atoms with Crippen molar-refractivity contribution in [2.75, 3.05) is 25.1 Å². The maximum Gasteiger partial charge on any atom is 0.228 e. The van der Waals surface area contributed by atoms with Gasteiger partial charge in [0, 0.05) is 11.1 Å². The minimum Gasteiger partial charge on any atom is -0.379 e. The van der Waals surface area contributed by atoms with Crippen LogP contribution in [0.3, 0.4) is 0 Å². The topological polar surface area (TPSA) is 64.4 Å². The molecule has 102 valence electrons. The minimum absolute atomic E-state index is 0.0834. The van der Waals surface area contributed by atoms with Crippen molar-refractivity contribution in [3.63, 3.8) is 0 Å². The van der Waals surface area contributed by atoms with E-state index in [1.54, 1.807) is 0 Å². The third-order valence-electron chi connectivity index (χ3n) is 4.57. The van der Waals surface area contributed by atoms with Gasteiger partial charge < -0.3 is 15.8 Å². The van der Waals surface area contributed by atoms with Crippen molar-refractivity contribution in [3.05, 3.63) is 29.3 Å². The van der Waals surface area contributed by atoms with E-state index in [-0.39, 0.29) is 11.3 Å². The van der Waals surface area contributed by atoms with Gasteiger partial charge in [-0.05, 0) is 36.1 Å². The van der Waals surface area contributed by atoms with Gasteiger partial charge in [0.2, 0.25) is 5.91 Å². The molecule has 4 heteroatoms. The summed E-state index contributed by atoms with van der Waals surface area (Å²) >= 11 is 0. The van der Waals surface area contributed by atoms with Crippen LogP contribution in [0.1, 0.15) is 24.5 Å². The molecular formula is C15H20N2O2.